The maximum absolute atomic E-state index is 12.0. The number of nitrogens with one attached hydrogen (secondary N) is 1. The molecule has 0 aromatic heterocycles. The molecule has 4 nitrogen and oxygen atoms in total. The van der Waals surface area contributed by atoms with Crippen molar-refractivity contribution in [2.45, 2.75) is 19.4 Å². The van der Waals surface area contributed by atoms with Gasteiger partial charge < -0.3 is 10.1 Å². The van der Waals surface area contributed by atoms with E-state index in [0.29, 0.717) is 17.2 Å². The van der Waals surface area contributed by atoms with Crippen LogP contribution < -0.4 is 10.1 Å². The molecule has 0 bridgehead atoms. The zero-order valence-corrected chi connectivity index (χ0v) is 13.5. The number of hydrogen-bond acceptors (Lipinski definition) is 3. The Morgan fingerprint density at radius 2 is 1.87 bits per heavy atom. The van der Waals surface area contributed by atoms with Gasteiger partial charge in [-0.15, -0.1) is 0 Å². The Bertz CT molecular complexity index is 673. The van der Waals surface area contributed by atoms with Crippen molar-refractivity contribution in [3.05, 3.63) is 65.2 Å². The van der Waals surface area contributed by atoms with Crippen molar-refractivity contribution in [3.63, 3.8) is 0 Å². The van der Waals surface area contributed by atoms with E-state index >= 15 is 0 Å². The summed E-state index contributed by atoms with van der Waals surface area (Å²) in [4.78, 5) is 23.7. The molecular weight excluding hydrogens is 314 g/mol. The monoisotopic (exact) mass is 331 g/mol. The van der Waals surface area contributed by atoms with E-state index in [9.17, 15) is 9.59 Å². The molecule has 2 aromatic carbocycles. The van der Waals surface area contributed by atoms with Crippen LogP contribution >= 0.6 is 11.6 Å². The Morgan fingerprint density at radius 3 is 2.52 bits per heavy atom. The molecule has 0 heterocycles. The van der Waals surface area contributed by atoms with Crippen LogP contribution in [0.15, 0.2) is 54.6 Å². The Morgan fingerprint density at radius 1 is 1.13 bits per heavy atom. The second-order valence-electron chi connectivity index (χ2n) is 5.17. The predicted octanol–water partition coefficient (Wildman–Crippen LogP) is 3.04. The molecule has 5 heteroatoms. The Kier molecular flexibility index (Phi) is 6.18. The number of rotatable bonds is 7. The highest BCUT2D eigenvalue weighted by atomic mass is 35.5. The summed E-state index contributed by atoms with van der Waals surface area (Å²) < 4.78 is 5.37. The number of carbonyl (C=O) groups excluding carboxylic acids is 2. The van der Waals surface area contributed by atoms with E-state index in [1.807, 2.05) is 30.3 Å². The van der Waals surface area contributed by atoms with Gasteiger partial charge in [0.2, 0.25) is 0 Å². The molecule has 0 radical (unpaired) electrons. The molecule has 0 aliphatic rings. The van der Waals surface area contributed by atoms with Crippen molar-refractivity contribution >= 4 is 23.3 Å². The lowest BCUT2D eigenvalue weighted by atomic mass is 10.0. The molecule has 2 rings (SSSR count). The van der Waals surface area contributed by atoms with Crippen LogP contribution in [0.4, 0.5) is 0 Å². The van der Waals surface area contributed by atoms with Crippen molar-refractivity contribution in [2.75, 3.05) is 6.61 Å². The summed E-state index contributed by atoms with van der Waals surface area (Å²) in [5.41, 5.74) is 0.990. The smallest absolute Gasteiger partial charge is 0.258 e. The zero-order chi connectivity index (χ0) is 16.7. The van der Waals surface area contributed by atoms with Gasteiger partial charge in [0, 0.05) is 5.02 Å². The highest BCUT2D eigenvalue weighted by Crippen LogP contribution is 2.16. The molecule has 2 aromatic rings. The molecule has 0 fully saturated rings. The first-order valence-corrected chi connectivity index (χ1v) is 7.64. The first-order chi connectivity index (χ1) is 11.0. The van der Waals surface area contributed by atoms with Crippen LogP contribution in [0.2, 0.25) is 5.02 Å². The van der Waals surface area contributed by atoms with E-state index in [1.54, 1.807) is 24.3 Å². The number of halogens is 1. The van der Waals surface area contributed by atoms with Crippen molar-refractivity contribution in [3.8, 4) is 5.75 Å². The molecule has 1 amide bonds. The highest BCUT2D eigenvalue weighted by Gasteiger charge is 2.17. The van der Waals surface area contributed by atoms with Crippen LogP contribution in [0.5, 0.6) is 5.75 Å². The third kappa shape index (κ3) is 5.75. The highest BCUT2D eigenvalue weighted by molar-refractivity contribution is 6.30. The second-order valence-corrected chi connectivity index (χ2v) is 5.60. The van der Waals surface area contributed by atoms with Gasteiger partial charge >= 0.3 is 0 Å². The van der Waals surface area contributed by atoms with E-state index in [-0.39, 0.29) is 18.3 Å². The quantitative estimate of drug-likeness (QED) is 0.848. The summed E-state index contributed by atoms with van der Waals surface area (Å²) in [5, 5.41) is 3.24. The third-order valence-corrected chi connectivity index (χ3v) is 3.51. The van der Waals surface area contributed by atoms with E-state index in [1.165, 1.54) is 6.92 Å². The zero-order valence-electron chi connectivity index (χ0n) is 12.8. The molecule has 0 spiro atoms. The van der Waals surface area contributed by atoms with Gasteiger partial charge in [0.25, 0.3) is 5.91 Å². The molecule has 1 atom stereocenters. The maximum Gasteiger partial charge on any atom is 0.258 e. The lowest BCUT2D eigenvalue weighted by Crippen LogP contribution is -2.43. The average Bonchev–Trinajstić information content (AvgIpc) is 2.53. The van der Waals surface area contributed by atoms with Crippen LogP contribution in [0, 0.1) is 0 Å². The summed E-state index contributed by atoms with van der Waals surface area (Å²) in [6.45, 7) is 1.30. The maximum atomic E-state index is 12.0. The summed E-state index contributed by atoms with van der Waals surface area (Å²) in [6.07, 6.45) is 0.457. The van der Waals surface area contributed by atoms with Crippen LogP contribution in [0.25, 0.3) is 0 Å². The third-order valence-electron chi connectivity index (χ3n) is 3.27. The van der Waals surface area contributed by atoms with E-state index in [2.05, 4.69) is 5.32 Å². The molecule has 0 aliphatic heterocycles. The van der Waals surface area contributed by atoms with Gasteiger partial charge in [-0.25, -0.2) is 0 Å². The Balaban J connectivity index is 1.89. The van der Waals surface area contributed by atoms with E-state index in [4.69, 9.17) is 16.3 Å². The largest absolute Gasteiger partial charge is 0.484 e. The predicted molar refractivity (Wildman–Crippen MR) is 89.7 cm³/mol. The lowest BCUT2D eigenvalue weighted by molar-refractivity contribution is -0.128. The van der Waals surface area contributed by atoms with Gasteiger partial charge in [-0.1, -0.05) is 48.0 Å². The molecule has 23 heavy (non-hydrogen) atoms. The standard InChI is InChI=1S/C18H18ClNO3/c1-13(21)17(10-14-6-3-2-4-7-14)20-18(22)12-23-16-9-5-8-15(19)11-16/h2-9,11,17H,10,12H2,1H3,(H,20,22). The Labute approximate surface area is 140 Å². The van der Waals surface area contributed by atoms with Crippen LogP contribution in [0.1, 0.15) is 12.5 Å². The normalized spacial score (nSPS) is 11.6. The van der Waals surface area contributed by atoms with E-state index < -0.39 is 6.04 Å². The summed E-state index contributed by atoms with van der Waals surface area (Å²) >= 11 is 5.85. The number of hydrogen-bond donors (Lipinski definition) is 1. The van der Waals surface area contributed by atoms with Crippen LogP contribution in [0.3, 0.4) is 0 Å². The number of Topliss-reactive ketones (excluding diaryl/α,β-unsaturated/α-hetero) is 1. The molecule has 1 unspecified atom stereocenters. The average molecular weight is 332 g/mol. The van der Waals surface area contributed by atoms with Crippen LogP contribution in [-0.4, -0.2) is 24.3 Å². The first-order valence-electron chi connectivity index (χ1n) is 7.26. The van der Waals surface area contributed by atoms with Gasteiger partial charge in [0.15, 0.2) is 12.4 Å². The number of amides is 1. The van der Waals surface area contributed by atoms with Crippen molar-refractivity contribution in [2.24, 2.45) is 0 Å². The van der Waals surface area contributed by atoms with Gasteiger partial charge in [-0.3, -0.25) is 9.59 Å². The number of benzene rings is 2. The van der Waals surface area contributed by atoms with Crippen molar-refractivity contribution < 1.29 is 14.3 Å². The summed E-state index contributed by atoms with van der Waals surface area (Å²) in [7, 11) is 0. The topological polar surface area (TPSA) is 55.4 Å². The number of ketones is 1. The first kappa shape index (κ1) is 17.0. The molecule has 0 saturated heterocycles. The van der Waals surface area contributed by atoms with Gasteiger partial charge in [0.05, 0.1) is 6.04 Å². The SMILES string of the molecule is CC(=O)C(Cc1ccccc1)NC(=O)COc1cccc(Cl)c1. The molecule has 1 N–H and O–H groups in total. The fourth-order valence-electron chi connectivity index (χ4n) is 2.09. The fraction of sp³-hybridized carbons (Fsp3) is 0.222. The molecular formula is C18H18ClNO3. The number of ether oxygens (including phenoxy) is 1. The summed E-state index contributed by atoms with van der Waals surface area (Å²) in [5.74, 6) is 0.0705. The minimum atomic E-state index is -0.562. The number of carbonyl (C=O) groups is 2. The Hall–Kier alpha value is -2.33. The molecule has 0 saturated carbocycles. The van der Waals surface area contributed by atoms with Crippen LogP contribution in [-0.2, 0) is 16.0 Å². The lowest BCUT2D eigenvalue weighted by Gasteiger charge is -2.16. The van der Waals surface area contributed by atoms with E-state index in [0.717, 1.165) is 5.56 Å². The van der Waals surface area contributed by atoms with Crippen molar-refractivity contribution in [1.29, 1.82) is 0 Å². The molecule has 120 valence electrons. The minimum absolute atomic E-state index is 0.0926. The van der Waals surface area contributed by atoms with Crippen molar-refractivity contribution in [1.82, 2.24) is 5.32 Å². The molecule has 0 aliphatic carbocycles. The fourth-order valence-corrected chi connectivity index (χ4v) is 2.27. The van der Waals surface area contributed by atoms with Gasteiger partial charge in [-0.2, -0.15) is 0 Å². The van der Waals surface area contributed by atoms with Gasteiger partial charge in [-0.05, 0) is 37.1 Å². The summed E-state index contributed by atoms with van der Waals surface area (Å²) in [6, 6.07) is 15.8. The second kappa shape index (κ2) is 8.34. The van der Waals surface area contributed by atoms with Gasteiger partial charge in [0.1, 0.15) is 5.75 Å². The minimum Gasteiger partial charge on any atom is -0.484 e.